The monoisotopic (exact) mass is 298 g/mol. The highest BCUT2D eigenvalue weighted by Crippen LogP contribution is 2.29. The Balaban J connectivity index is 2.96. The predicted molar refractivity (Wildman–Crippen MR) is 79.7 cm³/mol. The molecule has 0 heterocycles. The second-order valence-corrected chi connectivity index (χ2v) is 5.22. The third-order valence-electron chi connectivity index (χ3n) is 3.22. The van der Waals surface area contributed by atoms with E-state index in [9.17, 15) is 0 Å². The van der Waals surface area contributed by atoms with E-state index in [0.29, 0.717) is 12.6 Å². The van der Waals surface area contributed by atoms with Gasteiger partial charge in [-0.1, -0.05) is 13.0 Å². The van der Waals surface area contributed by atoms with Crippen LogP contribution in [-0.4, -0.2) is 19.1 Å². The summed E-state index contributed by atoms with van der Waals surface area (Å²) in [6.45, 7) is 8.43. The molecule has 17 heavy (non-hydrogen) atoms. The van der Waals surface area contributed by atoms with Gasteiger partial charge in [0, 0.05) is 17.1 Å². The fourth-order valence-corrected chi connectivity index (χ4v) is 2.70. The fourth-order valence-electron chi connectivity index (χ4n) is 2.05. The first-order chi connectivity index (χ1) is 8.13. The van der Waals surface area contributed by atoms with Crippen LogP contribution in [0.5, 0.6) is 0 Å². The minimum absolute atomic E-state index is 0.566. The summed E-state index contributed by atoms with van der Waals surface area (Å²) in [6, 6.07) is 7.13. The lowest BCUT2D eigenvalue weighted by Gasteiger charge is -2.30. The van der Waals surface area contributed by atoms with Gasteiger partial charge in [-0.05, 0) is 66.9 Å². The lowest BCUT2D eigenvalue weighted by atomic mass is 10.1. The Morgan fingerprint density at radius 1 is 1.35 bits per heavy atom. The van der Waals surface area contributed by atoms with Crippen molar-refractivity contribution in [2.75, 3.05) is 18.0 Å². The Kier molecular flexibility index (Phi) is 6.00. The summed E-state index contributed by atoms with van der Waals surface area (Å²) in [5.74, 6) is 0. The Bertz CT molecular complexity index is 352. The highest BCUT2D eigenvalue weighted by molar-refractivity contribution is 9.10. The van der Waals surface area contributed by atoms with Gasteiger partial charge in [-0.25, -0.2) is 0 Å². The maximum absolute atomic E-state index is 5.58. The third kappa shape index (κ3) is 3.71. The minimum atomic E-state index is 0.566. The van der Waals surface area contributed by atoms with Gasteiger partial charge in [-0.2, -0.15) is 0 Å². The van der Waals surface area contributed by atoms with E-state index < -0.39 is 0 Å². The smallest absolute Gasteiger partial charge is 0.0513 e. The standard InChI is InChI=1S/C14H23BrN2/c1-4-11(3)17(5-2)14-7-6-12(8-9-16)10-13(14)15/h6-7,10-11H,4-5,8-9,16H2,1-3H3. The number of benzene rings is 1. The summed E-state index contributed by atoms with van der Waals surface area (Å²) in [5.41, 5.74) is 8.15. The van der Waals surface area contributed by atoms with Gasteiger partial charge in [0.15, 0.2) is 0 Å². The van der Waals surface area contributed by atoms with Crippen molar-refractivity contribution in [3.8, 4) is 0 Å². The van der Waals surface area contributed by atoms with E-state index >= 15 is 0 Å². The van der Waals surface area contributed by atoms with Gasteiger partial charge in [-0.3, -0.25) is 0 Å². The van der Waals surface area contributed by atoms with Crippen molar-refractivity contribution in [3.05, 3.63) is 28.2 Å². The first-order valence-corrected chi connectivity index (χ1v) is 7.18. The van der Waals surface area contributed by atoms with E-state index in [0.717, 1.165) is 19.4 Å². The lowest BCUT2D eigenvalue weighted by Crippen LogP contribution is -2.32. The molecule has 0 amide bonds. The summed E-state index contributed by atoms with van der Waals surface area (Å²) in [6.07, 6.45) is 2.10. The van der Waals surface area contributed by atoms with Crippen LogP contribution in [0.4, 0.5) is 5.69 Å². The number of anilines is 1. The molecule has 0 fully saturated rings. The van der Waals surface area contributed by atoms with Gasteiger partial charge in [-0.15, -0.1) is 0 Å². The molecule has 2 N–H and O–H groups in total. The Morgan fingerprint density at radius 3 is 2.53 bits per heavy atom. The zero-order chi connectivity index (χ0) is 12.8. The van der Waals surface area contributed by atoms with Gasteiger partial charge < -0.3 is 10.6 Å². The van der Waals surface area contributed by atoms with Crippen LogP contribution in [-0.2, 0) is 6.42 Å². The molecule has 0 spiro atoms. The second-order valence-electron chi connectivity index (χ2n) is 4.37. The quantitative estimate of drug-likeness (QED) is 0.870. The van der Waals surface area contributed by atoms with E-state index in [1.165, 1.54) is 15.7 Å². The molecule has 1 rings (SSSR count). The molecule has 96 valence electrons. The molecule has 0 aliphatic heterocycles. The number of nitrogens with zero attached hydrogens (tertiary/aromatic N) is 1. The van der Waals surface area contributed by atoms with E-state index in [1.54, 1.807) is 0 Å². The van der Waals surface area contributed by atoms with Gasteiger partial charge in [0.1, 0.15) is 0 Å². The Labute approximate surface area is 113 Å². The van der Waals surface area contributed by atoms with Crippen molar-refractivity contribution < 1.29 is 0 Å². The van der Waals surface area contributed by atoms with Gasteiger partial charge in [0.2, 0.25) is 0 Å². The molecule has 0 saturated carbocycles. The van der Waals surface area contributed by atoms with E-state index in [2.05, 4.69) is 59.8 Å². The van der Waals surface area contributed by atoms with Crippen molar-refractivity contribution in [2.24, 2.45) is 5.73 Å². The molecule has 1 aromatic rings. The molecule has 0 aliphatic carbocycles. The van der Waals surface area contributed by atoms with Crippen molar-refractivity contribution in [1.29, 1.82) is 0 Å². The molecule has 1 aromatic carbocycles. The molecule has 0 saturated heterocycles. The molecule has 0 bridgehead atoms. The zero-order valence-electron chi connectivity index (χ0n) is 11.0. The highest BCUT2D eigenvalue weighted by atomic mass is 79.9. The van der Waals surface area contributed by atoms with Crippen molar-refractivity contribution in [2.45, 2.75) is 39.7 Å². The van der Waals surface area contributed by atoms with Crippen LogP contribution in [0.25, 0.3) is 0 Å². The fraction of sp³-hybridized carbons (Fsp3) is 0.571. The van der Waals surface area contributed by atoms with Crippen molar-refractivity contribution in [1.82, 2.24) is 0 Å². The van der Waals surface area contributed by atoms with E-state index in [-0.39, 0.29) is 0 Å². The number of hydrogen-bond acceptors (Lipinski definition) is 2. The summed E-state index contributed by atoms with van der Waals surface area (Å²) in [7, 11) is 0. The van der Waals surface area contributed by atoms with Crippen molar-refractivity contribution >= 4 is 21.6 Å². The van der Waals surface area contributed by atoms with Gasteiger partial charge >= 0.3 is 0 Å². The lowest BCUT2D eigenvalue weighted by molar-refractivity contribution is 0.629. The van der Waals surface area contributed by atoms with E-state index in [4.69, 9.17) is 5.73 Å². The zero-order valence-corrected chi connectivity index (χ0v) is 12.6. The SMILES string of the molecule is CCC(C)N(CC)c1ccc(CCN)cc1Br. The number of nitrogens with two attached hydrogens (primary N) is 1. The molecule has 0 aliphatic rings. The summed E-state index contributed by atoms with van der Waals surface area (Å²) < 4.78 is 1.17. The number of hydrogen-bond donors (Lipinski definition) is 1. The topological polar surface area (TPSA) is 29.3 Å². The average Bonchev–Trinajstić information content (AvgIpc) is 2.32. The van der Waals surface area contributed by atoms with E-state index in [1.807, 2.05) is 0 Å². The molecule has 0 aromatic heterocycles. The van der Waals surface area contributed by atoms with Crippen molar-refractivity contribution in [3.63, 3.8) is 0 Å². The normalized spacial score (nSPS) is 12.5. The maximum Gasteiger partial charge on any atom is 0.0513 e. The third-order valence-corrected chi connectivity index (χ3v) is 3.85. The summed E-state index contributed by atoms with van der Waals surface area (Å²) in [4.78, 5) is 2.43. The largest absolute Gasteiger partial charge is 0.368 e. The molecule has 1 unspecified atom stereocenters. The predicted octanol–water partition coefficient (Wildman–Crippen LogP) is 3.58. The van der Waals surface area contributed by atoms with Crippen LogP contribution >= 0.6 is 15.9 Å². The first kappa shape index (κ1) is 14.5. The molecular formula is C14H23BrN2. The molecule has 1 atom stereocenters. The molecule has 3 heteroatoms. The Morgan fingerprint density at radius 2 is 2.06 bits per heavy atom. The summed E-state index contributed by atoms with van der Waals surface area (Å²) >= 11 is 3.67. The highest BCUT2D eigenvalue weighted by Gasteiger charge is 2.13. The summed E-state index contributed by atoms with van der Waals surface area (Å²) in [5, 5.41) is 0. The minimum Gasteiger partial charge on any atom is -0.368 e. The average molecular weight is 299 g/mol. The van der Waals surface area contributed by atoms with Crippen LogP contribution in [0.2, 0.25) is 0 Å². The number of rotatable bonds is 6. The van der Waals surface area contributed by atoms with Crippen LogP contribution in [0.1, 0.15) is 32.8 Å². The van der Waals surface area contributed by atoms with Gasteiger partial charge in [0.25, 0.3) is 0 Å². The second kappa shape index (κ2) is 7.02. The first-order valence-electron chi connectivity index (χ1n) is 6.39. The van der Waals surface area contributed by atoms with Gasteiger partial charge in [0.05, 0.1) is 5.69 Å². The molecule has 0 radical (unpaired) electrons. The van der Waals surface area contributed by atoms with Crippen LogP contribution in [0.15, 0.2) is 22.7 Å². The maximum atomic E-state index is 5.58. The molecule has 2 nitrogen and oxygen atoms in total. The van der Waals surface area contributed by atoms with Crippen LogP contribution in [0, 0.1) is 0 Å². The molecular weight excluding hydrogens is 276 g/mol. The van der Waals surface area contributed by atoms with Crippen LogP contribution < -0.4 is 10.6 Å². The van der Waals surface area contributed by atoms with Crippen LogP contribution in [0.3, 0.4) is 0 Å². The Hall–Kier alpha value is -0.540. The number of halogens is 1.